The molecule has 0 bridgehead atoms. The lowest BCUT2D eigenvalue weighted by Gasteiger charge is -2.27. The lowest BCUT2D eigenvalue weighted by atomic mass is 9.88. The van der Waals surface area contributed by atoms with Gasteiger partial charge in [-0.2, -0.15) is 0 Å². The van der Waals surface area contributed by atoms with E-state index in [0.717, 1.165) is 23.9 Å². The van der Waals surface area contributed by atoms with Crippen molar-refractivity contribution in [3.05, 3.63) is 34.1 Å². The zero-order valence-corrected chi connectivity index (χ0v) is 12.3. The van der Waals surface area contributed by atoms with E-state index in [0.29, 0.717) is 16.5 Å². The van der Waals surface area contributed by atoms with Crippen LogP contribution in [0.5, 0.6) is 0 Å². The number of hydrogen-bond donors (Lipinski definition) is 1. The van der Waals surface area contributed by atoms with Crippen molar-refractivity contribution >= 4 is 11.6 Å². The maximum absolute atomic E-state index is 13.6. The molecule has 0 heterocycles. The van der Waals surface area contributed by atoms with E-state index in [-0.39, 0.29) is 11.9 Å². The van der Waals surface area contributed by atoms with Crippen LogP contribution in [-0.2, 0) is 0 Å². The molecule has 2 aliphatic rings. The molecule has 3 rings (SSSR count). The number of hydrogen-bond acceptors (Lipinski definition) is 1. The van der Waals surface area contributed by atoms with Crippen molar-refractivity contribution in [2.75, 3.05) is 6.54 Å². The Kier molecular flexibility index (Phi) is 3.57. The second-order valence-corrected chi connectivity index (χ2v) is 6.55. The Morgan fingerprint density at radius 1 is 1.32 bits per heavy atom. The molecule has 0 aliphatic heterocycles. The lowest BCUT2D eigenvalue weighted by Crippen LogP contribution is -2.28. The Morgan fingerprint density at radius 2 is 2.00 bits per heavy atom. The number of fused-ring (bicyclic) bond motifs is 1. The van der Waals surface area contributed by atoms with Crippen molar-refractivity contribution in [1.82, 2.24) is 5.32 Å². The highest BCUT2D eigenvalue weighted by Gasteiger charge is 2.48. The predicted molar refractivity (Wildman–Crippen MR) is 76.9 cm³/mol. The minimum absolute atomic E-state index is 0.210. The van der Waals surface area contributed by atoms with E-state index < -0.39 is 0 Å². The molecule has 1 nitrogen and oxygen atoms in total. The summed E-state index contributed by atoms with van der Waals surface area (Å²) in [6, 6.07) is 3.67. The summed E-state index contributed by atoms with van der Waals surface area (Å²) < 4.78 is 13.6. The Morgan fingerprint density at radius 3 is 2.63 bits per heavy atom. The van der Waals surface area contributed by atoms with Gasteiger partial charge in [-0.3, -0.25) is 0 Å². The molecule has 3 unspecified atom stereocenters. The second kappa shape index (κ2) is 5.06. The molecule has 104 valence electrons. The largest absolute Gasteiger partial charge is 0.310 e. The van der Waals surface area contributed by atoms with Crippen molar-refractivity contribution in [2.24, 2.45) is 17.8 Å². The molecule has 1 N–H and O–H groups in total. The SMILES string of the molecule is CCNC(c1cc(C)c(F)cc1Cl)C1CC2CC2C1. The third-order valence-corrected chi connectivity index (χ3v) is 5.12. The van der Waals surface area contributed by atoms with E-state index in [4.69, 9.17) is 11.6 Å². The van der Waals surface area contributed by atoms with Gasteiger partial charge in [-0.25, -0.2) is 4.39 Å². The third kappa shape index (κ3) is 2.53. The lowest BCUT2D eigenvalue weighted by molar-refractivity contribution is 0.346. The number of halogens is 2. The summed E-state index contributed by atoms with van der Waals surface area (Å²) in [6.07, 6.45) is 4.02. The summed E-state index contributed by atoms with van der Waals surface area (Å²) in [4.78, 5) is 0. The molecule has 2 fully saturated rings. The number of aryl methyl sites for hydroxylation is 1. The smallest absolute Gasteiger partial charge is 0.127 e. The summed E-state index contributed by atoms with van der Waals surface area (Å²) in [5, 5.41) is 4.13. The fourth-order valence-electron chi connectivity index (χ4n) is 3.70. The van der Waals surface area contributed by atoms with Crippen LogP contribution < -0.4 is 5.32 Å². The molecule has 0 radical (unpaired) electrons. The highest BCUT2D eigenvalue weighted by Crippen LogP contribution is 2.57. The summed E-state index contributed by atoms with van der Waals surface area (Å²) in [7, 11) is 0. The number of benzene rings is 1. The molecule has 0 aromatic heterocycles. The van der Waals surface area contributed by atoms with Gasteiger partial charge in [0.15, 0.2) is 0 Å². The molecule has 2 saturated carbocycles. The average Bonchev–Trinajstić information content (AvgIpc) is 2.98. The van der Waals surface area contributed by atoms with Crippen LogP contribution in [-0.4, -0.2) is 6.54 Å². The predicted octanol–water partition coefficient (Wildman–Crippen LogP) is 4.48. The normalized spacial score (nSPS) is 30.2. The monoisotopic (exact) mass is 281 g/mol. The molecule has 1 aromatic rings. The van der Waals surface area contributed by atoms with Crippen molar-refractivity contribution in [2.45, 2.75) is 39.2 Å². The average molecular weight is 282 g/mol. The first-order chi connectivity index (χ1) is 9.10. The van der Waals surface area contributed by atoms with Gasteiger partial charge in [-0.15, -0.1) is 0 Å². The standard InChI is InChI=1S/C16H21ClFN/c1-3-19-16(12-6-10-5-11(10)7-12)13-4-9(2)15(18)8-14(13)17/h4,8,10-12,16,19H,3,5-7H2,1-2H3. The summed E-state index contributed by atoms with van der Waals surface area (Å²) in [6.45, 7) is 4.85. The fraction of sp³-hybridized carbons (Fsp3) is 0.625. The molecule has 3 heteroatoms. The van der Waals surface area contributed by atoms with Gasteiger partial charge in [0.2, 0.25) is 0 Å². The maximum atomic E-state index is 13.6. The van der Waals surface area contributed by atoms with E-state index >= 15 is 0 Å². The van der Waals surface area contributed by atoms with Crippen molar-refractivity contribution in [1.29, 1.82) is 0 Å². The van der Waals surface area contributed by atoms with Gasteiger partial charge in [-0.05, 0) is 67.7 Å². The molecule has 19 heavy (non-hydrogen) atoms. The van der Waals surface area contributed by atoms with E-state index in [9.17, 15) is 4.39 Å². The van der Waals surface area contributed by atoms with Crippen LogP contribution in [0.15, 0.2) is 12.1 Å². The second-order valence-electron chi connectivity index (χ2n) is 6.15. The summed E-state index contributed by atoms with van der Waals surface area (Å²) in [5.74, 6) is 2.35. The van der Waals surface area contributed by atoms with E-state index in [1.807, 2.05) is 13.0 Å². The van der Waals surface area contributed by atoms with Gasteiger partial charge < -0.3 is 5.32 Å². The summed E-state index contributed by atoms with van der Waals surface area (Å²) >= 11 is 6.28. The fourth-order valence-corrected chi connectivity index (χ4v) is 3.97. The Labute approximate surface area is 119 Å². The molecule has 2 aliphatic carbocycles. The third-order valence-electron chi connectivity index (χ3n) is 4.79. The van der Waals surface area contributed by atoms with E-state index in [2.05, 4.69) is 12.2 Å². The van der Waals surface area contributed by atoms with Crippen LogP contribution >= 0.6 is 11.6 Å². The van der Waals surface area contributed by atoms with Crippen molar-refractivity contribution in [3.8, 4) is 0 Å². The van der Waals surface area contributed by atoms with Gasteiger partial charge >= 0.3 is 0 Å². The van der Waals surface area contributed by atoms with Gasteiger partial charge in [0.25, 0.3) is 0 Å². The minimum Gasteiger partial charge on any atom is -0.310 e. The topological polar surface area (TPSA) is 12.0 Å². The van der Waals surface area contributed by atoms with Crippen molar-refractivity contribution < 1.29 is 4.39 Å². The molecule has 3 atom stereocenters. The summed E-state index contributed by atoms with van der Waals surface area (Å²) in [5.41, 5.74) is 1.76. The van der Waals surface area contributed by atoms with Gasteiger partial charge in [-0.1, -0.05) is 24.6 Å². The van der Waals surface area contributed by atoms with Crippen LogP contribution in [0, 0.1) is 30.5 Å². The Balaban J connectivity index is 1.88. The molecule has 0 saturated heterocycles. The maximum Gasteiger partial charge on any atom is 0.127 e. The van der Waals surface area contributed by atoms with E-state index in [1.165, 1.54) is 25.3 Å². The van der Waals surface area contributed by atoms with Crippen LogP contribution in [0.25, 0.3) is 0 Å². The van der Waals surface area contributed by atoms with Crippen LogP contribution in [0.2, 0.25) is 5.02 Å². The molecular weight excluding hydrogens is 261 g/mol. The minimum atomic E-state index is -0.210. The molecule has 0 spiro atoms. The van der Waals surface area contributed by atoms with Gasteiger partial charge in [0.1, 0.15) is 5.82 Å². The quantitative estimate of drug-likeness (QED) is 0.858. The Hall–Kier alpha value is -0.600. The van der Waals surface area contributed by atoms with Crippen LogP contribution in [0.3, 0.4) is 0 Å². The van der Waals surface area contributed by atoms with E-state index in [1.54, 1.807) is 0 Å². The zero-order chi connectivity index (χ0) is 13.6. The Bertz CT molecular complexity index is 478. The van der Waals surface area contributed by atoms with Gasteiger partial charge in [0, 0.05) is 11.1 Å². The van der Waals surface area contributed by atoms with Gasteiger partial charge in [0.05, 0.1) is 0 Å². The number of nitrogens with one attached hydrogen (secondary N) is 1. The zero-order valence-electron chi connectivity index (χ0n) is 11.5. The number of rotatable bonds is 4. The van der Waals surface area contributed by atoms with Crippen LogP contribution in [0.4, 0.5) is 4.39 Å². The molecule has 0 amide bonds. The van der Waals surface area contributed by atoms with Crippen LogP contribution in [0.1, 0.15) is 43.4 Å². The highest BCUT2D eigenvalue weighted by atomic mass is 35.5. The molecule has 1 aromatic carbocycles. The first-order valence-electron chi connectivity index (χ1n) is 7.29. The van der Waals surface area contributed by atoms with Crippen molar-refractivity contribution in [3.63, 3.8) is 0 Å². The molecular formula is C16H21ClFN. The highest BCUT2D eigenvalue weighted by molar-refractivity contribution is 6.31. The first-order valence-corrected chi connectivity index (χ1v) is 7.66. The first kappa shape index (κ1) is 13.4.